The summed E-state index contributed by atoms with van der Waals surface area (Å²) in [6.07, 6.45) is 0. The number of sulfonamides is 1. The van der Waals surface area contributed by atoms with E-state index in [4.69, 9.17) is 4.74 Å². The molecule has 0 aromatic heterocycles. The molecule has 0 heterocycles. The average molecular weight is 488 g/mol. The number of anilines is 1. The quantitative estimate of drug-likeness (QED) is 0.610. The molecule has 0 unspecified atom stereocenters. The van der Waals surface area contributed by atoms with E-state index in [1.807, 2.05) is 19.1 Å². The fourth-order valence-corrected chi connectivity index (χ4v) is 4.24. The predicted octanol–water partition coefficient (Wildman–Crippen LogP) is 3.55. The highest BCUT2D eigenvalue weighted by Crippen LogP contribution is 2.26. The third kappa shape index (κ3) is 4.95. The van der Waals surface area contributed by atoms with Crippen molar-refractivity contribution in [3.63, 3.8) is 0 Å². The molecule has 0 aliphatic heterocycles. The Bertz CT molecular complexity index is 927. The second kappa shape index (κ2) is 8.36. The first-order chi connectivity index (χ1) is 12.1. The van der Waals surface area contributed by atoms with Crippen molar-refractivity contribution in [3.8, 4) is 5.75 Å². The topological polar surface area (TPSA) is 84.5 Å². The van der Waals surface area contributed by atoms with Crippen molar-refractivity contribution >= 4 is 44.2 Å². The molecular weight excluding hydrogens is 467 g/mol. The van der Waals surface area contributed by atoms with Crippen LogP contribution in [0, 0.1) is 10.5 Å². The fourth-order valence-electron chi connectivity index (χ4n) is 2.28. The lowest BCUT2D eigenvalue weighted by atomic mass is 10.2. The molecular formula is C18H21IN2O4S. The first-order valence-corrected chi connectivity index (χ1v) is 10.5. The number of methoxy groups -OCH3 is 1. The summed E-state index contributed by atoms with van der Waals surface area (Å²) in [6.45, 7) is 5.43. The molecule has 1 amide bonds. The Labute approximate surface area is 167 Å². The Balaban J connectivity index is 2.36. The summed E-state index contributed by atoms with van der Waals surface area (Å²) in [4.78, 5) is 12.5. The first kappa shape index (κ1) is 20.7. The molecule has 0 saturated carbocycles. The van der Waals surface area contributed by atoms with E-state index in [9.17, 15) is 13.2 Å². The van der Waals surface area contributed by atoms with Gasteiger partial charge in [-0.1, -0.05) is 6.07 Å². The van der Waals surface area contributed by atoms with Crippen molar-refractivity contribution in [3.05, 3.63) is 51.1 Å². The molecule has 8 heteroatoms. The molecule has 0 aliphatic carbocycles. The highest BCUT2D eigenvalue weighted by molar-refractivity contribution is 14.1. The average Bonchev–Trinajstić information content (AvgIpc) is 2.56. The third-order valence-electron chi connectivity index (χ3n) is 3.54. The molecule has 0 fully saturated rings. The second-order valence-electron chi connectivity index (χ2n) is 6.06. The second-order valence-corrected chi connectivity index (χ2v) is 8.90. The van der Waals surface area contributed by atoms with Gasteiger partial charge in [0.2, 0.25) is 10.0 Å². The molecule has 0 radical (unpaired) electrons. The van der Waals surface area contributed by atoms with Crippen LogP contribution in [0.2, 0.25) is 0 Å². The maximum atomic E-state index is 12.5. The van der Waals surface area contributed by atoms with Gasteiger partial charge < -0.3 is 10.1 Å². The summed E-state index contributed by atoms with van der Waals surface area (Å²) >= 11 is 2.19. The van der Waals surface area contributed by atoms with Gasteiger partial charge in [0.15, 0.2) is 0 Å². The minimum absolute atomic E-state index is 0.0696. The van der Waals surface area contributed by atoms with Crippen LogP contribution in [0.1, 0.15) is 29.8 Å². The van der Waals surface area contributed by atoms with Crippen molar-refractivity contribution < 1.29 is 17.9 Å². The van der Waals surface area contributed by atoms with E-state index >= 15 is 0 Å². The molecule has 26 heavy (non-hydrogen) atoms. The summed E-state index contributed by atoms with van der Waals surface area (Å²) in [7, 11) is -2.41. The fraction of sp³-hybridized carbons (Fsp3) is 0.278. The van der Waals surface area contributed by atoms with Crippen LogP contribution >= 0.6 is 22.6 Å². The van der Waals surface area contributed by atoms with Crippen molar-refractivity contribution in [2.24, 2.45) is 0 Å². The molecule has 2 aromatic carbocycles. The maximum absolute atomic E-state index is 12.5. The van der Waals surface area contributed by atoms with E-state index in [1.54, 1.807) is 19.9 Å². The number of carbonyl (C=O) groups is 1. The zero-order chi connectivity index (χ0) is 19.5. The van der Waals surface area contributed by atoms with Crippen LogP contribution in [0.15, 0.2) is 41.3 Å². The van der Waals surface area contributed by atoms with Gasteiger partial charge in [0, 0.05) is 20.9 Å². The molecule has 0 spiro atoms. The van der Waals surface area contributed by atoms with Crippen LogP contribution in [0.4, 0.5) is 5.69 Å². The van der Waals surface area contributed by atoms with E-state index < -0.39 is 15.9 Å². The number of halogens is 1. The van der Waals surface area contributed by atoms with Crippen molar-refractivity contribution in [1.29, 1.82) is 0 Å². The molecule has 2 N–H and O–H groups in total. The van der Waals surface area contributed by atoms with Gasteiger partial charge in [-0.15, -0.1) is 0 Å². The maximum Gasteiger partial charge on any atom is 0.255 e. The van der Waals surface area contributed by atoms with Gasteiger partial charge in [0.1, 0.15) is 10.6 Å². The molecule has 0 bridgehead atoms. The number of nitrogens with one attached hydrogen (secondary N) is 2. The van der Waals surface area contributed by atoms with Crippen LogP contribution < -0.4 is 14.8 Å². The van der Waals surface area contributed by atoms with Crippen molar-refractivity contribution in [2.75, 3.05) is 12.4 Å². The number of benzene rings is 2. The Morgan fingerprint density at radius 1 is 1.15 bits per heavy atom. The predicted molar refractivity (Wildman–Crippen MR) is 110 cm³/mol. The SMILES string of the molecule is COc1ccc(C(=O)Nc2ccc(C)c(I)c2)cc1S(=O)(=O)NC(C)C. The summed E-state index contributed by atoms with van der Waals surface area (Å²) in [5.41, 5.74) is 1.98. The third-order valence-corrected chi connectivity index (χ3v) is 6.38. The van der Waals surface area contributed by atoms with Gasteiger partial charge in [0.05, 0.1) is 7.11 Å². The minimum Gasteiger partial charge on any atom is -0.495 e. The van der Waals surface area contributed by atoms with Crippen LogP contribution in [-0.4, -0.2) is 27.5 Å². The van der Waals surface area contributed by atoms with E-state index in [2.05, 4.69) is 32.6 Å². The van der Waals surface area contributed by atoms with E-state index in [1.165, 1.54) is 25.3 Å². The molecule has 0 aliphatic rings. The zero-order valence-electron chi connectivity index (χ0n) is 15.0. The van der Waals surface area contributed by atoms with E-state index in [-0.39, 0.29) is 22.3 Å². The molecule has 0 saturated heterocycles. The standard InChI is InChI=1S/C18H21IN2O4S/c1-11(2)21-26(23,24)17-9-13(6-8-16(17)25-4)18(22)20-14-7-5-12(3)15(19)10-14/h5-11,21H,1-4H3,(H,20,22). The monoisotopic (exact) mass is 488 g/mol. The smallest absolute Gasteiger partial charge is 0.255 e. The molecule has 2 aromatic rings. The normalized spacial score (nSPS) is 11.5. The lowest BCUT2D eigenvalue weighted by Gasteiger charge is -2.14. The highest BCUT2D eigenvalue weighted by atomic mass is 127. The Hall–Kier alpha value is -1.65. The summed E-state index contributed by atoms with van der Waals surface area (Å²) in [5, 5.41) is 2.78. The van der Waals surface area contributed by atoms with Crippen LogP contribution in [0.3, 0.4) is 0 Å². The van der Waals surface area contributed by atoms with Crippen LogP contribution in [0.25, 0.3) is 0 Å². The number of amides is 1. The van der Waals surface area contributed by atoms with Crippen molar-refractivity contribution in [2.45, 2.75) is 31.7 Å². The van der Waals surface area contributed by atoms with Gasteiger partial charge in [-0.05, 0) is 79.3 Å². The number of carbonyl (C=O) groups excluding carboxylic acids is 1. The molecule has 140 valence electrons. The van der Waals surface area contributed by atoms with E-state index in [0.29, 0.717) is 5.69 Å². The lowest BCUT2D eigenvalue weighted by molar-refractivity contribution is 0.102. The Morgan fingerprint density at radius 2 is 1.85 bits per heavy atom. The molecule has 2 rings (SSSR count). The molecule has 0 atom stereocenters. The van der Waals surface area contributed by atoms with Gasteiger partial charge in [0.25, 0.3) is 5.91 Å². The zero-order valence-corrected chi connectivity index (χ0v) is 17.9. The number of ether oxygens (including phenoxy) is 1. The van der Waals surface area contributed by atoms with Crippen LogP contribution in [-0.2, 0) is 10.0 Å². The van der Waals surface area contributed by atoms with Gasteiger partial charge >= 0.3 is 0 Å². The number of hydrogen-bond acceptors (Lipinski definition) is 4. The Kier molecular flexibility index (Phi) is 6.64. The molecule has 6 nitrogen and oxygen atoms in total. The largest absolute Gasteiger partial charge is 0.495 e. The number of rotatable bonds is 6. The van der Waals surface area contributed by atoms with E-state index in [0.717, 1.165) is 9.13 Å². The minimum atomic E-state index is -3.80. The number of hydrogen-bond donors (Lipinski definition) is 2. The summed E-state index contributed by atoms with van der Waals surface area (Å²) in [6, 6.07) is 9.61. The summed E-state index contributed by atoms with van der Waals surface area (Å²) in [5.74, 6) is -0.215. The highest BCUT2D eigenvalue weighted by Gasteiger charge is 2.22. The lowest BCUT2D eigenvalue weighted by Crippen LogP contribution is -2.30. The van der Waals surface area contributed by atoms with Crippen LogP contribution in [0.5, 0.6) is 5.75 Å². The van der Waals surface area contributed by atoms with Gasteiger partial charge in [-0.2, -0.15) is 0 Å². The summed E-state index contributed by atoms with van der Waals surface area (Å²) < 4.78 is 33.7. The number of aryl methyl sites for hydroxylation is 1. The first-order valence-electron chi connectivity index (χ1n) is 7.92. The van der Waals surface area contributed by atoms with Crippen molar-refractivity contribution in [1.82, 2.24) is 4.72 Å². The van der Waals surface area contributed by atoms with Gasteiger partial charge in [-0.3, -0.25) is 4.79 Å². The van der Waals surface area contributed by atoms with Gasteiger partial charge in [-0.25, -0.2) is 13.1 Å². The Morgan fingerprint density at radius 3 is 2.42 bits per heavy atom.